The van der Waals surface area contributed by atoms with Gasteiger partial charge < -0.3 is 14.4 Å². The van der Waals surface area contributed by atoms with E-state index in [2.05, 4.69) is 16.4 Å². The van der Waals surface area contributed by atoms with Crippen molar-refractivity contribution in [3.05, 3.63) is 29.3 Å². The molecular weight excluding hydrogens is 346 g/mol. The number of fused-ring (bicyclic) bond motifs is 1. The van der Waals surface area contributed by atoms with Crippen LogP contribution in [0.3, 0.4) is 0 Å². The maximum absolute atomic E-state index is 11.8. The molecule has 1 aromatic rings. The van der Waals surface area contributed by atoms with Crippen LogP contribution in [0.1, 0.15) is 44.4 Å². The number of rotatable bonds is 2. The molecule has 0 radical (unpaired) electrons. The zero-order valence-corrected chi connectivity index (χ0v) is 15.5. The number of ether oxygens (including phenoxy) is 2. The number of benzene rings is 1. The van der Waals surface area contributed by atoms with Crippen molar-refractivity contribution in [3.63, 3.8) is 0 Å². The van der Waals surface area contributed by atoms with E-state index in [0.717, 1.165) is 12.0 Å². The molecule has 0 saturated heterocycles. The molecule has 0 bridgehead atoms. The summed E-state index contributed by atoms with van der Waals surface area (Å²) in [7, 11) is 0. The Kier molecular flexibility index (Phi) is 4.91. The van der Waals surface area contributed by atoms with Gasteiger partial charge in [0.1, 0.15) is 17.4 Å². The number of hydrogen-bond acceptors (Lipinski definition) is 8. The van der Waals surface area contributed by atoms with Crippen LogP contribution in [0.25, 0.3) is 0 Å². The molecule has 27 heavy (non-hydrogen) atoms. The van der Waals surface area contributed by atoms with Gasteiger partial charge in [-0.1, -0.05) is 0 Å². The summed E-state index contributed by atoms with van der Waals surface area (Å²) in [6.07, 6.45) is 2.06. The van der Waals surface area contributed by atoms with E-state index in [4.69, 9.17) is 14.7 Å². The lowest BCUT2D eigenvalue weighted by Crippen LogP contribution is -2.58. The highest BCUT2D eigenvalue weighted by Crippen LogP contribution is 2.45. The number of carbonyl (C=O) groups is 1. The Balaban J connectivity index is 2.17. The van der Waals surface area contributed by atoms with Crippen LogP contribution < -0.4 is 10.1 Å². The summed E-state index contributed by atoms with van der Waals surface area (Å²) in [5, 5.41) is 21.0. The van der Waals surface area contributed by atoms with E-state index in [0.29, 0.717) is 30.4 Å². The average Bonchev–Trinajstić information content (AvgIpc) is 2.62. The maximum Gasteiger partial charge on any atom is 0.303 e. The molecule has 8 heteroatoms. The van der Waals surface area contributed by atoms with Crippen LogP contribution in [0.15, 0.2) is 23.2 Å². The average molecular weight is 367 g/mol. The molecule has 0 fully saturated rings. The van der Waals surface area contributed by atoms with Gasteiger partial charge in [0, 0.05) is 25.6 Å². The number of guanidine groups is 1. The van der Waals surface area contributed by atoms with Crippen LogP contribution in [0, 0.1) is 22.8 Å². The monoisotopic (exact) mass is 367 g/mol. The third-order valence-corrected chi connectivity index (χ3v) is 4.69. The topological polar surface area (TPSA) is 111 Å². The van der Waals surface area contributed by atoms with Crippen molar-refractivity contribution in [1.82, 2.24) is 10.2 Å². The molecule has 0 unspecified atom stereocenters. The van der Waals surface area contributed by atoms with Gasteiger partial charge in [-0.15, -0.1) is 0 Å². The summed E-state index contributed by atoms with van der Waals surface area (Å²) in [5.74, 6) is 0.622. The van der Waals surface area contributed by atoms with Crippen molar-refractivity contribution in [3.8, 4) is 18.0 Å². The van der Waals surface area contributed by atoms with Crippen molar-refractivity contribution in [2.45, 2.75) is 44.9 Å². The Bertz CT molecular complexity index is 865. The molecule has 2 atom stereocenters. The second-order valence-corrected chi connectivity index (χ2v) is 7.03. The minimum absolute atomic E-state index is 0.426. The number of hydrogen-bond donors (Lipinski definition) is 1. The lowest BCUT2D eigenvalue weighted by Gasteiger charge is -2.48. The molecule has 1 N–H and O–H groups in total. The van der Waals surface area contributed by atoms with Gasteiger partial charge in [0.25, 0.3) is 0 Å². The SMILES string of the molecule is CC(=O)O[C@H]1[C@H](N2CCCN=C2NC#N)c2cc(C#N)ccc2OC1(C)C. The number of nitriles is 2. The fourth-order valence-corrected chi connectivity index (χ4v) is 3.60. The zero-order chi connectivity index (χ0) is 19.6. The zero-order valence-electron chi connectivity index (χ0n) is 15.5. The number of nitrogens with one attached hydrogen (secondary N) is 1. The Morgan fingerprint density at radius 3 is 2.89 bits per heavy atom. The first-order chi connectivity index (χ1) is 12.9. The normalized spacial score (nSPS) is 23.0. The van der Waals surface area contributed by atoms with Crippen molar-refractivity contribution in [1.29, 1.82) is 10.5 Å². The minimum atomic E-state index is -0.813. The molecule has 2 aliphatic rings. The molecule has 0 aromatic heterocycles. The molecule has 0 spiro atoms. The van der Waals surface area contributed by atoms with Crippen molar-refractivity contribution >= 4 is 11.9 Å². The highest BCUT2D eigenvalue weighted by molar-refractivity contribution is 5.82. The number of aliphatic imine (C=N–C) groups is 1. The molecule has 3 rings (SSSR count). The van der Waals surface area contributed by atoms with Crippen LogP contribution >= 0.6 is 0 Å². The number of carbonyl (C=O) groups excluding carboxylic acids is 1. The molecule has 0 amide bonds. The molecule has 0 aliphatic carbocycles. The van der Waals surface area contributed by atoms with Gasteiger partial charge in [-0.25, -0.2) is 0 Å². The van der Waals surface area contributed by atoms with Crippen LogP contribution in [0.4, 0.5) is 0 Å². The molecule has 2 heterocycles. The third-order valence-electron chi connectivity index (χ3n) is 4.69. The lowest BCUT2D eigenvalue weighted by molar-refractivity contribution is -0.166. The van der Waals surface area contributed by atoms with Gasteiger partial charge >= 0.3 is 5.97 Å². The van der Waals surface area contributed by atoms with E-state index in [1.165, 1.54) is 6.92 Å². The first-order valence-corrected chi connectivity index (χ1v) is 8.74. The maximum atomic E-state index is 11.8. The van der Waals surface area contributed by atoms with Crippen LogP contribution in [0.5, 0.6) is 5.75 Å². The molecule has 140 valence electrons. The molecular formula is C19H21N5O3. The van der Waals surface area contributed by atoms with Gasteiger partial charge in [-0.3, -0.25) is 15.1 Å². The van der Waals surface area contributed by atoms with Gasteiger partial charge in [0.2, 0.25) is 5.96 Å². The summed E-state index contributed by atoms with van der Waals surface area (Å²) in [6.45, 7) is 6.30. The number of esters is 1. The van der Waals surface area contributed by atoms with E-state index < -0.39 is 23.7 Å². The van der Waals surface area contributed by atoms with E-state index >= 15 is 0 Å². The molecule has 2 aliphatic heterocycles. The molecule has 0 saturated carbocycles. The predicted molar refractivity (Wildman–Crippen MR) is 96.5 cm³/mol. The second-order valence-electron chi connectivity index (χ2n) is 7.03. The highest BCUT2D eigenvalue weighted by Gasteiger charge is 2.49. The summed E-state index contributed by atoms with van der Waals surface area (Å²) < 4.78 is 11.8. The van der Waals surface area contributed by atoms with E-state index in [1.54, 1.807) is 18.2 Å². The second kappa shape index (κ2) is 7.16. The third kappa shape index (κ3) is 3.52. The summed E-state index contributed by atoms with van der Waals surface area (Å²) in [6, 6.07) is 6.88. The van der Waals surface area contributed by atoms with Gasteiger partial charge in [0.05, 0.1) is 11.6 Å². The smallest absolute Gasteiger partial charge is 0.303 e. The summed E-state index contributed by atoms with van der Waals surface area (Å²) in [4.78, 5) is 18.2. The minimum Gasteiger partial charge on any atom is -0.484 e. The van der Waals surface area contributed by atoms with Crippen LogP contribution in [0.2, 0.25) is 0 Å². The van der Waals surface area contributed by atoms with Gasteiger partial charge in [0.15, 0.2) is 12.3 Å². The Morgan fingerprint density at radius 1 is 1.44 bits per heavy atom. The van der Waals surface area contributed by atoms with Crippen molar-refractivity contribution < 1.29 is 14.3 Å². The summed E-state index contributed by atoms with van der Waals surface area (Å²) in [5.41, 5.74) is 0.397. The molecule has 1 aromatic carbocycles. The quantitative estimate of drug-likeness (QED) is 0.482. The van der Waals surface area contributed by atoms with E-state index in [-0.39, 0.29) is 0 Å². The molecule has 8 nitrogen and oxygen atoms in total. The number of nitrogens with zero attached hydrogens (tertiary/aromatic N) is 4. The van der Waals surface area contributed by atoms with Crippen LogP contribution in [-0.4, -0.2) is 41.6 Å². The summed E-state index contributed by atoms with van der Waals surface area (Å²) >= 11 is 0. The van der Waals surface area contributed by atoms with Crippen molar-refractivity contribution in [2.24, 2.45) is 4.99 Å². The Hall–Kier alpha value is -3.26. The Labute approximate surface area is 158 Å². The highest BCUT2D eigenvalue weighted by atomic mass is 16.6. The van der Waals surface area contributed by atoms with E-state index in [1.807, 2.05) is 24.9 Å². The predicted octanol–water partition coefficient (Wildman–Crippen LogP) is 1.83. The first kappa shape index (κ1) is 18.5. The van der Waals surface area contributed by atoms with Gasteiger partial charge in [-0.2, -0.15) is 10.5 Å². The Morgan fingerprint density at radius 2 is 2.22 bits per heavy atom. The fraction of sp³-hybridized carbons (Fsp3) is 0.474. The first-order valence-electron chi connectivity index (χ1n) is 8.74. The standard InChI is InChI=1S/C19H21N5O3/c1-12(25)26-17-16(24-8-4-7-22-18(24)23-11-21)14-9-13(10-20)5-6-15(14)27-19(17,2)3/h5-6,9,16-17H,4,7-8H2,1-3H3,(H,22,23)/t16-,17+/m1/s1. The largest absolute Gasteiger partial charge is 0.484 e. The van der Waals surface area contributed by atoms with Crippen molar-refractivity contribution in [2.75, 3.05) is 13.1 Å². The van der Waals surface area contributed by atoms with E-state index in [9.17, 15) is 10.1 Å². The fourth-order valence-electron chi connectivity index (χ4n) is 3.60. The van der Waals surface area contributed by atoms with Gasteiger partial charge in [-0.05, 0) is 38.5 Å². The van der Waals surface area contributed by atoms with Crippen LogP contribution in [-0.2, 0) is 9.53 Å². The lowest BCUT2D eigenvalue weighted by atomic mass is 9.84.